The molecule has 2 rings (SSSR count). The fourth-order valence-corrected chi connectivity index (χ4v) is 2.25. The Hall–Kier alpha value is -1.66. The van der Waals surface area contributed by atoms with Gasteiger partial charge >= 0.3 is 0 Å². The Kier molecular flexibility index (Phi) is 4.34. The van der Waals surface area contributed by atoms with Crippen molar-refractivity contribution in [2.45, 2.75) is 6.92 Å². The van der Waals surface area contributed by atoms with Gasteiger partial charge < -0.3 is 15.6 Å². The molecule has 6 heteroatoms. The van der Waals surface area contributed by atoms with Crippen molar-refractivity contribution in [3.8, 4) is 0 Å². The number of ketones is 1. The summed E-state index contributed by atoms with van der Waals surface area (Å²) in [7, 11) is 0. The lowest BCUT2D eigenvalue weighted by Gasteiger charge is -2.34. The smallest absolute Gasteiger partial charge is 0.270 e. The summed E-state index contributed by atoms with van der Waals surface area (Å²) in [5.74, 6) is -0.0806. The molecule has 0 aliphatic carbocycles. The molecule has 0 spiro atoms. The number of aromatic amines is 1. The second-order valence-corrected chi connectivity index (χ2v) is 4.78. The number of carbonyl (C=O) groups excluding carboxylic acids is 2. The van der Waals surface area contributed by atoms with E-state index in [-0.39, 0.29) is 11.7 Å². The molecule has 0 saturated carbocycles. The Bertz CT molecular complexity index is 461. The highest BCUT2D eigenvalue weighted by Crippen LogP contribution is 2.10. The molecule has 1 saturated heterocycles. The van der Waals surface area contributed by atoms with E-state index < -0.39 is 0 Å². The zero-order chi connectivity index (χ0) is 13.8. The van der Waals surface area contributed by atoms with Crippen LogP contribution in [0.25, 0.3) is 0 Å². The number of rotatable bonds is 4. The van der Waals surface area contributed by atoms with Crippen LogP contribution in [0.2, 0.25) is 0 Å². The molecule has 1 aliphatic rings. The van der Waals surface area contributed by atoms with Gasteiger partial charge in [-0.15, -0.1) is 0 Å². The summed E-state index contributed by atoms with van der Waals surface area (Å²) in [5, 5.41) is 0. The minimum Gasteiger partial charge on any atom is -0.356 e. The summed E-state index contributed by atoms with van der Waals surface area (Å²) in [6.45, 7) is 6.11. The minimum absolute atomic E-state index is 0.0388. The van der Waals surface area contributed by atoms with Crippen LogP contribution < -0.4 is 5.73 Å². The average molecular weight is 264 g/mol. The van der Waals surface area contributed by atoms with E-state index in [1.54, 1.807) is 12.3 Å². The van der Waals surface area contributed by atoms with Gasteiger partial charge in [-0.3, -0.25) is 14.5 Å². The maximum absolute atomic E-state index is 12.2. The molecular formula is C13H20N4O2. The highest BCUT2D eigenvalue weighted by atomic mass is 16.2. The second-order valence-electron chi connectivity index (χ2n) is 4.78. The maximum atomic E-state index is 12.2. The van der Waals surface area contributed by atoms with Gasteiger partial charge in [-0.2, -0.15) is 0 Å². The Morgan fingerprint density at radius 1 is 1.32 bits per heavy atom. The van der Waals surface area contributed by atoms with E-state index in [9.17, 15) is 9.59 Å². The summed E-state index contributed by atoms with van der Waals surface area (Å²) in [6, 6.07) is 1.62. The topological polar surface area (TPSA) is 82.4 Å². The van der Waals surface area contributed by atoms with Crippen LogP contribution in [0.3, 0.4) is 0 Å². The standard InChI is InChI=1S/C13H20N4O2/c1-10(18)11-8-12(15-9-11)13(19)17-6-4-16(3-2-14)5-7-17/h8-9,15H,2-7,14H2,1H3. The average Bonchev–Trinajstić information content (AvgIpc) is 2.89. The Morgan fingerprint density at radius 3 is 2.53 bits per heavy atom. The van der Waals surface area contributed by atoms with Crippen LogP contribution in [-0.4, -0.2) is 65.7 Å². The molecule has 0 bridgehead atoms. The van der Waals surface area contributed by atoms with Gasteiger partial charge in [0.1, 0.15) is 5.69 Å². The molecular weight excluding hydrogens is 244 g/mol. The lowest BCUT2D eigenvalue weighted by atomic mass is 10.2. The monoisotopic (exact) mass is 264 g/mol. The number of nitrogens with one attached hydrogen (secondary N) is 1. The van der Waals surface area contributed by atoms with Gasteiger partial charge in [-0.25, -0.2) is 0 Å². The number of hydrogen-bond acceptors (Lipinski definition) is 4. The van der Waals surface area contributed by atoms with E-state index in [4.69, 9.17) is 5.73 Å². The van der Waals surface area contributed by atoms with Crippen molar-refractivity contribution in [3.63, 3.8) is 0 Å². The third-order valence-electron chi connectivity index (χ3n) is 3.42. The maximum Gasteiger partial charge on any atom is 0.270 e. The number of Topliss-reactive ketones (excluding diaryl/α,β-unsaturated/α-hetero) is 1. The first-order valence-corrected chi connectivity index (χ1v) is 6.53. The van der Waals surface area contributed by atoms with Crippen LogP contribution in [0.4, 0.5) is 0 Å². The van der Waals surface area contributed by atoms with Gasteiger partial charge in [0.2, 0.25) is 0 Å². The first-order valence-electron chi connectivity index (χ1n) is 6.53. The lowest BCUT2D eigenvalue weighted by Crippen LogP contribution is -2.49. The van der Waals surface area contributed by atoms with Gasteiger partial charge in [0.15, 0.2) is 5.78 Å². The number of amides is 1. The van der Waals surface area contributed by atoms with E-state index >= 15 is 0 Å². The van der Waals surface area contributed by atoms with Crippen molar-refractivity contribution in [1.29, 1.82) is 0 Å². The molecule has 1 aliphatic heterocycles. The van der Waals surface area contributed by atoms with Crippen molar-refractivity contribution in [2.75, 3.05) is 39.3 Å². The summed E-state index contributed by atoms with van der Waals surface area (Å²) in [5.41, 5.74) is 6.55. The number of nitrogens with two attached hydrogens (primary N) is 1. The van der Waals surface area contributed by atoms with Gasteiger partial charge in [-0.1, -0.05) is 0 Å². The number of hydrogen-bond donors (Lipinski definition) is 2. The van der Waals surface area contributed by atoms with Gasteiger partial charge in [0.25, 0.3) is 5.91 Å². The molecule has 1 fully saturated rings. The van der Waals surface area contributed by atoms with Crippen molar-refractivity contribution in [3.05, 3.63) is 23.5 Å². The first-order chi connectivity index (χ1) is 9.11. The predicted molar refractivity (Wildman–Crippen MR) is 72.2 cm³/mol. The second kappa shape index (κ2) is 5.99. The highest BCUT2D eigenvalue weighted by Gasteiger charge is 2.22. The Labute approximate surface area is 112 Å². The van der Waals surface area contributed by atoms with Gasteiger partial charge in [-0.05, 0) is 13.0 Å². The lowest BCUT2D eigenvalue weighted by molar-refractivity contribution is 0.0636. The molecule has 0 atom stereocenters. The van der Waals surface area contributed by atoms with Gasteiger partial charge in [0, 0.05) is 51.0 Å². The number of nitrogens with zero attached hydrogens (tertiary/aromatic N) is 2. The molecule has 1 aromatic heterocycles. The van der Waals surface area contributed by atoms with Crippen LogP contribution in [0.5, 0.6) is 0 Å². The molecule has 1 aromatic rings. The van der Waals surface area contributed by atoms with E-state index in [1.165, 1.54) is 6.92 Å². The molecule has 0 unspecified atom stereocenters. The van der Waals surface area contributed by atoms with E-state index in [0.717, 1.165) is 19.6 Å². The van der Waals surface area contributed by atoms with Crippen molar-refractivity contribution in [2.24, 2.45) is 5.73 Å². The normalized spacial score (nSPS) is 16.6. The van der Waals surface area contributed by atoms with Crippen molar-refractivity contribution >= 4 is 11.7 Å². The van der Waals surface area contributed by atoms with Crippen LogP contribution in [0.1, 0.15) is 27.8 Å². The zero-order valence-electron chi connectivity index (χ0n) is 11.2. The molecule has 3 N–H and O–H groups in total. The SMILES string of the molecule is CC(=O)c1c[nH]c(C(=O)N2CCN(CCN)CC2)c1. The van der Waals surface area contributed by atoms with Crippen LogP contribution in [-0.2, 0) is 0 Å². The Morgan fingerprint density at radius 2 is 2.00 bits per heavy atom. The third-order valence-corrected chi connectivity index (χ3v) is 3.42. The van der Waals surface area contributed by atoms with Crippen LogP contribution in [0.15, 0.2) is 12.3 Å². The molecule has 19 heavy (non-hydrogen) atoms. The van der Waals surface area contributed by atoms with Crippen molar-refractivity contribution < 1.29 is 9.59 Å². The number of piperazine rings is 1. The number of aromatic nitrogens is 1. The fourth-order valence-electron chi connectivity index (χ4n) is 2.25. The minimum atomic E-state index is -0.0418. The van der Waals surface area contributed by atoms with E-state index in [1.807, 2.05) is 4.90 Å². The third kappa shape index (κ3) is 3.21. The molecule has 0 aromatic carbocycles. The molecule has 0 radical (unpaired) electrons. The number of H-pyrrole nitrogens is 1. The molecule has 2 heterocycles. The summed E-state index contributed by atoms with van der Waals surface area (Å²) >= 11 is 0. The predicted octanol–water partition coefficient (Wildman–Crippen LogP) is -0.0662. The van der Waals surface area contributed by atoms with Gasteiger partial charge in [0.05, 0.1) is 0 Å². The number of carbonyl (C=O) groups is 2. The fraction of sp³-hybridized carbons (Fsp3) is 0.538. The van der Waals surface area contributed by atoms with Crippen LogP contribution >= 0.6 is 0 Å². The summed E-state index contributed by atoms with van der Waals surface area (Å²) in [4.78, 5) is 30.4. The summed E-state index contributed by atoms with van der Waals surface area (Å²) in [6.07, 6.45) is 1.58. The van der Waals surface area contributed by atoms with Crippen molar-refractivity contribution in [1.82, 2.24) is 14.8 Å². The first kappa shape index (κ1) is 13.8. The molecule has 1 amide bonds. The van der Waals surface area contributed by atoms with E-state index in [0.29, 0.717) is 30.9 Å². The van der Waals surface area contributed by atoms with E-state index in [2.05, 4.69) is 9.88 Å². The Balaban J connectivity index is 1.95. The summed E-state index contributed by atoms with van der Waals surface area (Å²) < 4.78 is 0. The molecule has 104 valence electrons. The largest absolute Gasteiger partial charge is 0.356 e. The molecule has 6 nitrogen and oxygen atoms in total. The highest BCUT2D eigenvalue weighted by molar-refractivity contribution is 5.99. The quantitative estimate of drug-likeness (QED) is 0.746. The zero-order valence-corrected chi connectivity index (χ0v) is 11.2. The van der Waals surface area contributed by atoms with Crippen LogP contribution in [0, 0.1) is 0 Å².